The molecule has 92 valence electrons. The highest BCUT2D eigenvalue weighted by molar-refractivity contribution is 5.71. The molecule has 0 spiro atoms. The Balaban J connectivity index is 2.62. The zero-order valence-electron chi connectivity index (χ0n) is 9.60. The quantitative estimate of drug-likeness (QED) is 0.762. The molecule has 0 saturated carbocycles. The van der Waals surface area contributed by atoms with E-state index in [1.54, 1.807) is 0 Å². The van der Waals surface area contributed by atoms with Crippen LogP contribution in [0.5, 0.6) is 0 Å². The van der Waals surface area contributed by atoms with Crippen molar-refractivity contribution in [1.29, 1.82) is 0 Å². The normalized spacial score (nSPS) is 28.6. The van der Waals surface area contributed by atoms with Gasteiger partial charge in [-0.25, -0.2) is 0 Å². The summed E-state index contributed by atoms with van der Waals surface area (Å²) >= 11 is 0. The van der Waals surface area contributed by atoms with E-state index in [0.29, 0.717) is 19.4 Å². The predicted octanol–water partition coefficient (Wildman–Crippen LogP) is 1.37. The van der Waals surface area contributed by atoms with Crippen molar-refractivity contribution in [3.8, 4) is 0 Å². The van der Waals surface area contributed by atoms with E-state index in [4.69, 9.17) is 14.9 Å². The monoisotopic (exact) mass is 230 g/mol. The topological polar surface area (TPSA) is 83.8 Å². The number of ether oxygens (including phenoxy) is 1. The van der Waals surface area contributed by atoms with Crippen molar-refractivity contribution in [3.63, 3.8) is 0 Å². The molecule has 5 nitrogen and oxygen atoms in total. The maximum absolute atomic E-state index is 11.1. The molecule has 2 atom stereocenters. The van der Waals surface area contributed by atoms with Gasteiger partial charge >= 0.3 is 11.9 Å². The van der Waals surface area contributed by atoms with E-state index in [2.05, 4.69) is 0 Å². The van der Waals surface area contributed by atoms with Gasteiger partial charge in [-0.2, -0.15) is 0 Å². The first-order chi connectivity index (χ1) is 7.32. The van der Waals surface area contributed by atoms with Crippen LogP contribution in [-0.2, 0) is 14.3 Å². The molecule has 1 heterocycles. The van der Waals surface area contributed by atoms with Crippen molar-refractivity contribution in [2.45, 2.75) is 38.7 Å². The first-order valence-corrected chi connectivity index (χ1v) is 5.40. The number of aliphatic carboxylic acids is 2. The van der Waals surface area contributed by atoms with Crippen molar-refractivity contribution >= 4 is 11.9 Å². The van der Waals surface area contributed by atoms with Gasteiger partial charge in [0, 0.05) is 6.42 Å². The van der Waals surface area contributed by atoms with Crippen molar-refractivity contribution in [2.75, 3.05) is 6.61 Å². The number of carboxylic acids is 2. The van der Waals surface area contributed by atoms with Crippen LogP contribution < -0.4 is 0 Å². The Bertz CT molecular complexity index is 284. The van der Waals surface area contributed by atoms with E-state index in [9.17, 15) is 9.59 Å². The van der Waals surface area contributed by atoms with Gasteiger partial charge in [0.2, 0.25) is 0 Å². The largest absolute Gasteiger partial charge is 0.481 e. The minimum atomic E-state index is -0.894. The number of carbonyl (C=O) groups is 2. The minimum absolute atomic E-state index is 0.00175. The van der Waals surface area contributed by atoms with Gasteiger partial charge < -0.3 is 14.9 Å². The van der Waals surface area contributed by atoms with Crippen molar-refractivity contribution in [1.82, 2.24) is 0 Å². The molecule has 2 N–H and O–H groups in total. The molecule has 0 aromatic rings. The van der Waals surface area contributed by atoms with E-state index in [-0.39, 0.29) is 12.3 Å². The molecule has 0 bridgehead atoms. The Morgan fingerprint density at radius 1 is 1.38 bits per heavy atom. The van der Waals surface area contributed by atoms with Gasteiger partial charge in [0.25, 0.3) is 0 Å². The summed E-state index contributed by atoms with van der Waals surface area (Å²) in [6.45, 7) is 4.05. The van der Waals surface area contributed by atoms with Gasteiger partial charge in [-0.1, -0.05) is 0 Å². The zero-order chi connectivity index (χ0) is 12.3. The molecule has 0 amide bonds. The van der Waals surface area contributed by atoms with E-state index in [0.717, 1.165) is 0 Å². The molecule has 0 aromatic heterocycles. The molecule has 1 saturated heterocycles. The van der Waals surface area contributed by atoms with Crippen LogP contribution in [-0.4, -0.2) is 34.4 Å². The molecule has 1 rings (SSSR count). The summed E-state index contributed by atoms with van der Waals surface area (Å²) < 4.78 is 5.53. The van der Waals surface area contributed by atoms with Crippen LogP contribution in [0, 0.1) is 11.8 Å². The molecular weight excluding hydrogens is 212 g/mol. The highest BCUT2D eigenvalue weighted by Gasteiger charge is 2.39. The highest BCUT2D eigenvalue weighted by Crippen LogP contribution is 2.34. The summed E-state index contributed by atoms with van der Waals surface area (Å²) in [6.07, 6.45) is 0.799. The first kappa shape index (κ1) is 13.0. The molecule has 1 aliphatic rings. The zero-order valence-corrected chi connectivity index (χ0v) is 9.60. The lowest BCUT2D eigenvalue weighted by Gasteiger charge is -2.38. The van der Waals surface area contributed by atoms with Gasteiger partial charge in [0.1, 0.15) is 0 Å². The van der Waals surface area contributed by atoms with Crippen LogP contribution in [0.4, 0.5) is 0 Å². The van der Waals surface area contributed by atoms with Crippen LogP contribution in [0.25, 0.3) is 0 Å². The summed E-state index contributed by atoms with van der Waals surface area (Å²) in [5.41, 5.74) is -0.428. The number of hydrogen-bond acceptors (Lipinski definition) is 3. The Morgan fingerprint density at radius 2 is 2.00 bits per heavy atom. The first-order valence-electron chi connectivity index (χ1n) is 5.40. The van der Waals surface area contributed by atoms with E-state index >= 15 is 0 Å². The Labute approximate surface area is 94.4 Å². The fraction of sp³-hybridized carbons (Fsp3) is 0.818. The molecule has 1 aliphatic heterocycles. The average molecular weight is 230 g/mol. The third-order valence-corrected chi connectivity index (χ3v) is 3.01. The Hall–Kier alpha value is -1.10. The summed E-state index contributed by atoms with van der Waals surface area (Å²) in [7, 11) is 0. The second kappa shape index (κ2) is 4.82. The molecule has 0 aromatic carbocycles. The summed E-state index contributed by atoms with van der Waals surface area (Å²) in [4.78, 5) is 21.6. The van der Waals surface area contributed by atoms with E-state index < -0.39 is 23.5 Å². The van der Waals surface area contributed by atoms with E-state index in [1.165, 1.54) is 0 Å². The molecule has 0 unspecified atom stereocenters. The second-order valence-corrected chi connectivity index (χ2v) is 4.91. The van der Waals surface area contributed by atoms with Gasteiger partial charge in [-0.05, 0) is 32.6 Å². The SMILES string of the molecule is CC1(C)C[C@@H](C(=O)O)[C@@H](CCC(=O)O)CO1. The lowest BCUT2D eigenvalue weighted by Crippen LogP contribution is -2.43. The van der Waals surface area contributed by atoms with Crippen LogP contribution in [0.15, 0.2) is 0 Å². The smallest absolute Gasteiger partial charge is 0.306 e. The van der Waals surface area contributed by atoms with Gasteiger partial charge in [0.05, 0.1) is 18.1 Å². The van der Waals surface area contributed by atoms with Crippen LogP contribution >= 0.6 is 0 Å². The molecule has 0 aliphatic carbocycles. The third-order valence-electron chi connectivity index (χ3n) is 3.01. The van der Waals surface area contributed by atoms with Crippen molar-refractivity contribution < 1.29 is 24.5 Å². The molecule has 0 radical (unpaired) electrons. The molecular formula is C11H18O5. The summed E-state index contributed by atoms with van der Waals surface area (Å²) in [6, 6.07) is 0. The molecule has 16 heavy (non-hydrogen) atoms. The predicted molar refractivity (Wildman–Crippen MR) is 56.1 cm³/mol. The van der Waals surface area contributed by atoms with Crippen LogP contribution in [0.1, 0.15) is 33.1 Å². The Kier molecular flexibility index (Phi) is 3.91. The van der Waals surface area contributed by atoms with Gasteiger partial charge in [-0.3, -0.25) is 9.59 Å². The average Bonchev–Trinajstić information content (AvgIpc) is 2.14. The lowest BCUT2D eigenvalue weighted by atomic mass is 9.79. The number of hydrogen-bond donors (Lipinski definition) is 2. The maximum atomic E-state index is 11.1. The van der Waals surface area contributed by atoms with Crippen LogP contribution in [0.2, 0.25) is 0 Å². The van der Waals surface area contributed by atoms with Crippen molar-refractivity contribution in [2.24, 2.45) is 11.8 Å². The summed E-state index contributed by atoms with van der Waals surface area (Å²) in [5, 5.41) is 17.7. The fourth-order valence-corrected chi connectivity index (χ4v) is 2.09. The van der Waals surface area contributed by atoms with E-state index in [1.807, 2.05) is 13.8 Å². The molecule has 1 fully saturated rings. The maximum Gasteiger partial charge on any atom is 0.306 e. The van der Waals surface area contributed by atoms with Gasteiger partial charge in [0.15, 0.2) is 0 Å². The minimum Gasteiger partial charge on any atom is -0.481 e. The van der Waals surface area contributed by atoms with Gasteiger partial charge in [-0.15, -0.1) is 0 Å². The second-order valence-electron chi connectivity index (χ2n) is 4.91. The number of carboxylic acid groups (broad SMARTS) is 2. The molecule has 5 heteroatoms. The highest BCUT2D eigenvalue weighted by atomic mass is 16.5. The van der Waals surface area contributed by atoms with Crippen LogP contribution in [0.3, 0.4) is 0 Å². The van der Waals surface area contributed by atoms with Crippen molar-refractivity contribution in [3.05, 3.63) is 0 Å². The summed E-state index contributed by atoms with van der Waals surface area (Å²) in [5.74, 6) is -2.44. The third kappa shape index (κ3) is 3.48. The lowest BCUT2D eigenvalue weighted by molar-refractivity contribution is -0.161. The standard InChI is InChI=1S/C11H18O5/c1-11(2)5-8(10(14)15)7(6-16-11)3-4-9(12)13/h7-8H,3-6H2,1-2H3,(H,12,13)(H,14,15)/t7-,8+/m0/s1. The fourth-order valence-electron chi connectivity index (χ4n) is 2.09. The Morgan fingerprint density at radius 3 is 2.50 bits per heavy atom. The number of rotatable bonds is 4.